The van der Waals surface area contributed by atoms with Crippen molar-refractivity contribution in [1.82, 2.24) is 0 Å². The van der Waals surface area contributed by atoms with Crippen LogP contribution in [0.2, 0.25) is 0 Å². The number of nitrogens with zero attached hydrogens (tertiary/aromatic N) is 1. The van der Waals surface area contributed by atoms with Crippen molar-refractivity contribution < 1.29 is 14.3 Å². The molecule has 3 aromatic rings. The van der Waals surface area contributed by atoms with Gasteiger partial charge in [-0.2, -0.15) is 5.26 Å². The van der Waals surface area contributed by atoms with E-state index in [9.17, 15) is 10.1 Å². The van der Waals surface area contributed by atoms with Crippen molar-refractivity contribution in [2.45, 2.75) is 6.42 Å². The number of hydrogen-bond donors (Lipinski definition) is 1. The predicted molar refractivity (Wildman–Crippen MR) is 125 cm³/mol. The molecule has 31 heavy (non-hydrogen) atoms. The summed E-state index contributed by atoms with van der Waals surface area (Å²) in [5.74, 6) is 0.916. The number of ether oxygens (including phenoxy) is 2. The molecule has 0 atom stereocenters. The van der Waals surface area contributed by atoms with E-state index < -0.39 is 5.91 Å². The molecule has 0 spiro atoms. The molecule has 0 saturated carbocycles. The summed E-state index contributed by atoms with van der Waals surface area (Å²) >= 11 is 3.58. The number of carbonyl (C=O) groups is 1. The minimum Gasteiger partial charge on any atom is -0.497 e. The van der Waals surface area contributed by atoms with Gasteiger partial charge in [-0.05, 0) is 71.7 Å². The molecule has 0 aliphatic heterocycles. The third kappa shape index (κ3) is 5.74. The SMILES string of the molecule is COc1ccc(NC(=O)/C(C#N)=C/c2ccc(OC)cc2Cc2ccccc2Br)cc1. The average Bonchev–Trinajstić information content (AvgIpc) is 2.80. The maximum atomic E-state index is 12.7. The average molecular weight is 477 g/mol. The van der Waals surface area contributed by atoms with Crippen LogP contribution in [-0.4, -0.2) is 20.1 Å². The molecule has 156 valence electrons. The van der Waals surface area contributed by atoms with Crippen LogP contribution in [0, 0.1) is 11.3 Å². The van der Waals surface area contributed by atoms with Crippen LogP contribution in [0.4, 0.5) is 5.69 Å². The second-order valence-electron chi connectivity index (χ2n) is 6.69. The van der Waals surface area contributed by atoms with Crippen molar-refractivity contribution in [1.29, 1.82) is 5.26 Å². The Balaban J connectivity index is 1.91. The zero-order valence-electron chi connectivity index (χ0n) is 17.2. The molecule has 3 rings (SSSR count). The van der Waals surface area contributed by atoms with Crippen LogP contribution in [-0.2, 0) is 11.2 Å². The first-order chi connectivity index (χ1) is 15.0. The Morgan fingerprint density at radius 1 is 1.00 bits per heavy atom. The first kappa shape index (κ1) is 22.1. The monoisotopic (exact) mass is 476 g/mol. The summed E-state index contributed by atoms with van der Waals surface area (Å²) in [6.45, 7) is 0. The lowest BCUT2D eigenvalue weighted by atomic mass is 9.97. The summed E-state index contributed by atoms with van der Waals surface area (Å²) in [4.78, 5) is 12.7. The summed E-state index contributed by atoms with van der Waals surface area (Å²) in [6, 6.07) is 22.4. The van der Waals surface area contributed by atoms with Crippen LogP contribution in [0.15, 0.2) is 76.8 Å². The van der Waals surface area contributed by atoms with E-state index in [0.717, 1.165) is 21.2 Å². The Morgan fingerprint density at radius 2 is 1.68 bits per heavy atom. The maximum absolute atomic E-state index is 12.7. The number of hydrogen-bond acceptors (Lipinski definition) is 4. The molecule has 6 heteroatoms. The van der Waals surface area contributed by atoms with Crippen molar-refractivity contribution in [3.05, 3.63) is 93.5 Å². The first-order valence-electron chi connectivity index (χ1n) is 9.51. The molecule has 3 aromatic carbocycles. The fourth-order valence-electron chi connectivity index (χ4n) is 3.03. The highest BCUT2D eigenvalue weighted by atomic mass is 79.9. The van der Waals surface area contributed by atoms with E-state index in [1.54, 1.807) is 44.6 Å². The van der Waals surface area contributed by atoms with Crippen LogP contribution < -0.4 is 14.8 Å². The summed E-state index contributed by atoms with van der Waals surface area (Å²) in [5, 5.41) is 12.4. The molecule has 0 heterocycles. The highest BCUT2D eigenvalue weighted by Crippen LogP contribution is 2.26. The molecule has 0 aliphatic rings. The van der Waals surface area contributed by atoms with E-state index in [1.807, 2.05) is 48.5 Å². The molecule has 0 bridgehead atoms. The fourth-order valence-corrected chi connectivity index (χ4v) is 3.45. The van der Waals surface area contributed by atoms with Gasteiger partial charge >= 0.3 is 0 Å². The zero-order chi connectivity index (χ0) is 22.2. The lowest BCUT2D eigenvalue weighted by Crippen LogP contribution is -2.13. The summed E-state index contributed by atoms with van der Waals surface area (Å²) in [7, 11) is 3.18. The Kier molecular flexibility index (Phi) is 7.47. The van der Waals surface area contributed by atoms with Crippen molar-refractivity contribution in [2.24, 2.45) is 0 Å². The first-order valence-corrected chi connectivity index (χ1v) is 10.3. The fraction of sp³-hybridized carbons (Fsp3) is 0.120. The number of nitrogens with one attached hydrogen (secondary N) is 1. The van der Waals surface area contributed by atoms with Crippen LogP contribution >= 0.6 is 15.9 Å². The van der Waals surface area contributed by atoms with Gasteiger partial charge in [0.25, 0.3) is 5.91 Å². The minimum atomic E-state index is -0.477. The number of carbonyl (C=O) groups excluding carboxylic acids is 1. The van der Waals surface area contributed by atoms with Crippen LogP contribution in [0.1, 0.15) is 16.7 Å². The van der Waals surface area contributed by atoms with E-state index in [4.69, 9.17) is 9.47 Å². The number of benzene rings is 3. The second-order valence-corrected chi connectivity index (χ2v) is 7.54. The van der Waals surface area contributed by atoms with Crippen molar-refractivity contribution in [3.63, 3.8) is 0 Å². The van der Waals surface area contributed by atoms with Gasteiger partial charge in [0.15, 0.2) is 0 Å². The Hall–Kier alpha value is -3.56. The van der Waals surface area contributed by atoms with Crippen LogP contribution in [0.25, 0.3) is 6.08 Å². The van der Waals surface area contributed by atoms with Gasteiger partial charge in [0.05, 0.1) is 14.2 Å². The normalized spacial score (nSPS) is 10.8. The highest BCUT2D eigenvalue weighted by molar-refractivity contribution is 9.10. The molecule has 0 saturated heterocycles. The second kappa shape index (κ2) is 10.5. The molecule has 1 amide bonds. The van der Waals surface area contributed by atoms with Crippen molar-refractivity contribution in [3.8, 4) is 17.6 Å². The smallest absolute Gasteiger partial charge is 0.266 e. The number of rotatable bonds is 7. The number of amides is 1. The molecule has 0 fully saturated rings. The van der Waals surface area contributed by atoms with E-state index in [1.165, 1.54) is 0 Å². The molecule has 0 aliphatic carbocycles. The Labute approximate surface area is 190 Å². The third-order valence-corrected chi connectivity index (χ3v) is 5.48. The van der Waals surface area contributed by atoms with Gasteiger partial charge in [-0.25, -0.2) is 0 Å². The van der Waals surface area contributed by atoms with Crippen molar-refractivity contribution in [2.75, 3.05) is 19.5 Å². The molecule has 1 N–H and O–H groups in total. The topological polar surface area (TPSA) is 71.3 Å². The van der Waals surface area contributed by atoms with E-state index in [-0.39, 0.29) is 5.57 Å². The number of nitriles is 1. The van der Waals surface area contributed by atoms with Gasteiger partial charge in [0.2, 0.25) is 0 Å². The van der Waals surface area contributed by atoms with Crippen LogP contribution in [0.3, 0.4) is 0 Å². The highest BCUT2D eigenvalue weighted by Gasteiger charge is 2.13. The van der Waals surface area contributed by atoms with E-state index >= 15 is 0 Å². The number of methoxy groups -OCH3 is 2. The molecular weight excluding hydrogens is 456 g/mol. The van der Waals surface area contributed by atoms with E-state index in [0.29, 0.717) is 23.6 Å². The van der Waals surface area contributed by atoms with Crippen LogP contribution in [0.5, 0.6) is 11.5 Å². The lowest BCUT2D eigenvalue weighted by Gasteiger charge is -2.11. The lowest BCUT2D eigenvalue weighted by molar-refractivity contribution is -0.112. The van der Waals surface area contributed by atoms with Crippen molar-refractivity contribution >= 4 is 33.6 Å². The quantitative estimate of drug-likeness (QED) is 0.355. The molecule has 0 unspecified atom stereocenters. The summed E-state index contributed by atoms with van der Waals surface area (Å²) < 4.78 is 11.5. The molecule has 0 aromatic heterocycles. The number of anilines is 1. The van der Waals surface area contributed by atoms with E-state index in [2.05, 4.69) is 21.2 Å². The van der Waals surface area contributed by atoms with Gasteiger partial charge in [0.1, 0.15) is 23.1 Å². The zero-order valence-corrected chi connectivity index (χ0v) is 18.8. The molecule has 0 radical (unpaired) electrons. The van der Waals surface area contributed by atoms with Gasteiger partial charge < -0.3 is 14.8 Å². The van der Waals surface area contributed by atoms with Gasteiger partial charge in [-0.1, -0.05) is 40.2 Å². The van der Waals surface area contributed by atoms with Gasteiger partial charge in [-0.3, -0.25) is 4.79 Å². The Bertz CT molecular complexity index is 1150. The largest absolute Gasteiger partial charge is 0.497 e. The third-order valence-electron chi connectivity index (χ3n) is 4.70. The minimum absolute atomic E-state index is 0.00867. The summed E-state index contributed by atoms with van der Waals surface area (Å²) in [5.41, 5.74) is 3.39. The van der Waals surface area contributed by atoms with Gasteiger partial charge in [-0.15, -0.1) is 0 Å². The predicted octanol–water partition coefficient (Wildman–Crippen LogP) is 5.60. The maximum Gasteiger partial charge on any atom is 0.266 e. The number of halogens is 1. The molecular formula is C25H21BrN2O3. The molecule has 5 nitrogen and oxygen atoms in total. The standard InChI is InChI=1S/C25H21BrN2O3/c1-30-22-11-8-21(9-12-22)28-25(29)20(16-27)13-17-7-10-23(31-2)15-19(17)14-18-5-3-4-6-24(18)26/h3-13,15H,14H2,1-2H3,(H,28,29)/b20-13+. The summed E-state index contributed by atoms with van der Waals surface area (Å²) in [6.07, 6.45) is 2.22. The van der Waals surface area contributed by atoms with Gasteiger partial charge in [0, 0.05) is 10.2 Å². The Morgan fingerprint density at radius 3 is 2.32 bits per heavy atom.